The molecule has 2 aromatic rings. The zero-order valence-corrected chi connectivity index (χ0v) is 14.6. The highest BCUT2D eigenvalue weighted by molar-refractivity contribution is 7.13. The van der Waals surface area contributed by atoms with Crippen molar-refractivity contribution < 1.29 is 4.42 Å². The molecule has 0 bridgehead atoms. The topological polar surface area (TPSA) is 41.3 Å². The molecule has 2 aromatic heterocycles. The molecule has 4 rings (SSSR count). The lowest BCUT2D eigenvalue weighted by atomic mass is 9.79. The number of nitrogens with zero attached hydrogens (tertiary/aromatic N) is 2. The van der Waals surface area contributed by atoms with E-state index < -0.39 is 0 Å². The van der Waals surface area contributed by atoms with Gasteiger partial charge >= 0.3 is 0 Å². The van der Waals surface area contributed by atoms with Crippen LogP contribution in [0.2, 0.25) is 0 Å². The Bertz CT molecular complexity index is 635. The summed E-state index contributed by atoms with van der Waals surface area (Å²) in [6.07, 6.45) is 6.73. The molecule has 1 spiro atoms. The van der Waals surface area contributed by atoms with E-state index in [2.05, 4.69) is 28.6 Å². The van der Waals surface area contributed by atoms with Crippen molar-refractivity contribution in [3.8, 4) is 10.8 Å². The summed E-state index contributed by atoms with van der Waals surface area (Å²) in [7, 11) is 0. The third-order valence-electron chi connectivity index (χ3n) is 5.43. The standard InChI is InChI=1S/C18H25N3OS/c1-14-15(20-17(22-14)16-6-5-11-23-16)12-21-10-9-19-13-18(21)7-3-2-4-8-18/h5-6,11,19H,2-4,7-10,12-13H2,1H3. The Morgan fingerprint density at radius 1 is 1.35 bits per heavy atom. The van der Waals surface area contributed by atoms with E-state index >= 15 is 0 Å². The number of oxazole rings is 1. The first-order valence-electron chi connectivity index (χ1n) is 8.73. The molecule has 1 saturated heterocycles. The van der Waals surface area contributed by atoms with E-state index in [1.54, 1.807) is 11.3 Å². The average Bonchev–Trinajstić information content (AvgIpc) is 3.21. The van der Waals surface area contributed by atoms with Crippen molar-refractivity contribution in [1.82, 2.24) is 15.2 Å². The van der Waals surface area contributed by atoms with Crippen LogP contribution in [-0.4, -0.2) is 35.1 Å². The molecule has 5 heteroatoms. The van der Waals surface area contributed by atoms with E-state index in [9.17, 15) is 0 Å². The van der Waals surface area contributed by atoms with Gasteiger partial charge < -0.3 is 9.73 Å². The Balaban J connectivity index is 1.56. The van der Waals surface area contributed by atoms with Gasteiger partial charge in [-0.3, -0.25) is 4.90 Å². The van der Waals surface area contributed by atoms with Crippen LogP contribution in [0.4, 0.5) is 0 Å². The van der Waals surface area contributed by atoms with E-state index in [-0.39, 0.29) is 0 Å². The van der Waals surface area contributed by atoms with E-state index in [0.29, 0.717) is 5.54 Å². The van der Waals surface area contributed by atoms with E-state index in [1.807, 2.05) is 6.07 Å². The molecule has 0 atom stereocenters. The van der Waals surface area contributed by atoms with E-state index in [1.165, 1.54) is 32.1 Å². The lowest BCUT2D eigenvalue weighted by Gasteiger charge is -2.49. The van der Waals surface area contributed by atoms with Gasteiger partial charge in [-0.05, 0) is 31.2 Å². The summed E-state index contributed by atoms with van der Waals surface area (Å²) in [6.45, 7) is 6.29. The minimum Gasteiger partial charge on any atom is -0.440 e. The number of hydrogen-bond acceptors (Lipinski definition) is 5. The Kier molecular flexibility index (Phi) is 4.26. The summed E-state index contributed by atoms with van der Waals surface area (Å²) in [4.78, 5) is 8.60. The first-order valence-corrected chi connectivity index (χ1v) is 9.61. The monoisotopic (exact) mass is 331 g/mol. The van der Waals surface area contributed by atoms with Gasteiger partial charge in [-0.2, -0.15) is 0 Å². The summed E-state index contributed by atoms with van der Waals surface area (Å²) in [5.41, 5.74) is 1.45. The van der Waals surface area contributed by atoms with Gasteiger partial charge in [-0.25, -0.2) is 4.98 Å². The molecule has 2 aliphatic rings. The van der Waals surface area contributed by atoms with Gasteiger partial charge in [0.1, 0.15) is 5.76 Å². The second kappa shape index (κ2) is 6.38. The molecule has 0 amide bonds. The van der Waals surface area contributed by atoms with Crippen LogP contribution in [0, 0.1) is 6.92 Å². The molecule has 1 aliphatic carbocycles. The van der Waals surface area contributed by atoms with Crippen molar-refractivity contribution in [3.63, 3.8) is 0 Å². The number of aromatic nitrogens is 1. The van der Waals surface area contributed by atoms with E-state index in [0.717, 1.165) is 48.4 Å². The van der Waals surface area contributed by atoms with Gasteiger partial charge in [0.25, 0.3) is 0 Å². The maximum absolute atomic E-state index is 5.93. The summed E-state index contributed by atoms with van der Waals surface area (Å²) in [6, 6.07) is 4.12. The first kappa shape index (κ1) is 15.4. The molecule has 1 saturated carbocycles. The number of thiophene rings is 1. The Hall–Kier alpha value is -1.17. The first-order chi connectivity index (χ1) is 11.3. The molecule has 124 valence electrons. The third-order valence-corrected chi connectivity index (χ3v) is 6.29. The summed E-state index contributed by atoms with van der Waals surface area (Å²) in [5.74, 6) is 1.75. The normalized spacial score (nSPS) is 21.8. The average molecular weight is 331 g/mol. The van der Waals surface area contributed by atoms with Gasteiger partial charge in [0, 0.05) is 31.7 Å². The van der Waals surface area contributed by atoms with Crippen LogP contribution < -0.4 is 5.32 Å². The lowest BCUT2D eigenvalue weighted by Crippen LogP contribution is -2.61. The predicted molar refractivity (Wildman–Crippen MR) is 93.6 cm³/mol. The minimum atomic E-state index is 0.338. The van der Waals surface area contributed by atoms with Crippen LogP contribution in [0.15, 0.2) is 21.9 Å². The van der Waals surface area contributed by atoms with E-state index in [4.69, 9.17) is 9.40 Å². The highest BCUT2D eigenvalue weighted by atomic mass is 32.1. The largest absolute Gasteiger partial charge is 0.440 e. The summed E-state index contributed by atoms with van der Waals surface area (Å²) in [5, 5.41) is 5.69. The Morgan fingerprint density at radius 3 is 3.00 bits per heavy atom. The summed E-state index contributed by atoms with van der Waals surface area (Å²) < 4.78 is 5.93. The quantitative estimate of drug-likeness (QED) is 0.928. The molecule has 1 aliphatic heterocycles. The molecule has 4 nitrogen and oxygen atoms in total. The summed E-state index contributed by atoms with van der Waals surface area (Å²) >= 11 is 1.69. The molecule has 0 unspecified atom stereocenters. The molecule has 3 heterocycles. The second-order valence-electron chi connectivity index (χ2n) is 6.88. The molecule has 2 fully saturated rings. The number of hydrogen-bond donors (Lipinski definition) is 1. The van der Waals surface area contributed by atoms with Gasteiger partial charge in [0.15, 0.2) is 0 Å². The van der Waals surface area contributed by atoms with Crippen molar-refractivity contribution in [3.05, 3.63) is 29.0 Å². The maximum atomic E-state index is 5.93. The van der Waals surface area contributed by atoms with Gasteiger partial charge in [0.05, 0.1) is 10.6 Å². The van der Waals surface area contributed by atoms with Crippen LogP contribution in [0.25, 0.3) is 10.8 Å². The molecule has 23 heavy (non-hydrogen) atoms. The van der Waals surface area contributed by atoms with Crippen LogP contribution in [0.3, 0.4) is 0 Å². The zero-order chi connectivity index (χ0) is 15.7. The van der Waals surface area contributed by atoms with Crippen molar-refractivity contribution in [2.75, 3.05) is 19.6 Å². The zero-order valence-electron chi connectivity index (χ0n) is 13.8. The highest BCUT2D eigenvalue weighted by Gasteiger charge is 2.40. The van der Waals surface area contributed by atoms with Gasteiger partial charge in [-0.15, -0.1) is 11.3 Å². The lowest BCUT2D eigenvalue weighted by molar-refractivity contribution is 0.0197. The number of piperazine rings is 1. The van der Waals surface area contributed by atoms with Crippen molar-refractivity contribution >= 4 is 11.3 Å². The number of rotatable bonds is 3. The molecule has 0 radical (unpaired) electrons. The fourth-order valence-electron chi connectivity index (χ4n) is 4.09. The Morgan fingerprint density at radius 2 is 2.22 bits per heavy atom. The molecular formula is C18H25N3OS. The minimum absolute atomic E-state index is 0.338. The van der Waals surface area contributed by atoms with Crippen LogP contribution in [0.5, 0.6) is 0 Å². The predicted octanol–water partition coefficient (Wildman–Crippen LogP) is 3.82. The second-order valence-corrected chi connectivity index (χ2v) is 7.83. The third kappa shape index (κ3) is 2.97. The van der Waals surface area contributed by atoms with Crippen LogP contribution in [0.1, 0.15) is 43.6 Å². The van der Waals surface area contributed by atoms with Crippen LogP contribution >= 0.6 is 11.3 Å². The fourth-order valence-corrected chi connectivity index (χ4v) is 4.74. The van der Waals surface area contributed by atoms with Crippen molar-refractivity contribution in [2.24, 2.45) is 0 Å². The molecule has 1 N–H and O–H groups in total. The smallest absolute Gasteiger partial charge is 0.236 e. The Labute approximate surface area is 141 Å². The van der Waals surface area contributed by atoms with Crippen molar-refractivity contribution in [2.45, 2.75) is 51.1 Å². The molecule has 0 aromatic carbocycles. The van der Waals surface area contributed by atoms with Crippen molar-refractivity contribution in [1.29, 1.82) is 0 Å². The number of aryl methyl sites for hydroxylation is 1. The van der Waals surface area contributed by atoms with Gasteiger partial charge in [-0.1, -0.05) is 25.3 Å². The van der Waals surface area contributed by atoms with Gasteiger partial charge in [0.2, 0.25) is 5.89 Å². The number of nitrogens with one attached hydrogen (secondary N) is 1. The maximum Gasteiger partial charge on any atom is 0.236 e. The van der Waals surface area contributed by atoms with Crippen LogP contribution in [-0.2, 0) is 6.54 Å². The fraction of sp³-hybridized carbons (Fsp3) is 0.611. The SMILES string of the molecule is Cc1oc(-c2cccs2)nc1CN1CCNCC12CCCCC2. The highest BCUT2D eigenvalue weighted by Crippen LogP contribution is 2.36. The molecular weight excluding hydrogens is 306 g/mol.